The predicted molar refractivity (Wildman–Crippen MR) is 54.6 cm³/mol. The first-order valence-corrected chi connectivity index (χ1v) is 4.88. The Morgan fingerprint density at radius 1 is 1.47 bits per heavy atom. The van der Waals surface area contributed by atoms with Crippen LogP contribution in [0.5, 0.6) is 0 Å². The number of rotatable bonds is 6. The molecule has 0 heterocycles. The van der Waals surface area contributed by atoms with Gasteiger partial charge in [0, 0.05) is 13.6 Å². The first-order valence-electron chi connectivity index (χ1n) is 4.88. The van der Waals surface area contributed by atoms with E-state index in [0.29, 0.717) is 6.54 Å². The molecular formula is C9H18N2O4. The minimum absolute atomic E-state index is 0.482. The Balaban J connectivity index is 4.04. The third kappa shape index (κ3) is 5.21. The molecule has 0 radical (unpaired) electrons. The molecule has 0 rings (SSSR count). The largest absolute Gasteiger partial charge is 0.480 e. The molecular weight excluding hydrogens is 200 g/mol. The van der Waals surface area contributed by atoms with E-state index in [4.69, 9.17) is 10.2 Å². The fourth-order valence-corrected chi connectivity index (χ4v) is 0.942. The Hall–Kier alpha value is -1.30. The van der Waals surface area contributed by atoms with Crippen LogP contribution < -0.4 is 5.32 Å². The molecule has 0 aliphatic carbocycles. The summed E-state index contributed by atoms with van der Waals surface area (Å²) in [5.41, 5.74) is 0. The van der Waals surface area contributed by atoms with Crippen LogP contribution in [0.2, 0.25) is 0 Å². The van der Waals surface area contributed by atoms with E-state index in [0.717, 1.165) is 12.8 Å². The zero-order chi connectivity index (χ0) is 11.8. The lowest BCUT2D eigenvalue weighted by Gasteiger charge is -2.20. The summed E-state index contributed by atoms with van der Waals surface area (Å²) < 4.78 is 0. The Bertz CT molecular complexity index is 220. The highest BCUT2D eigenvalue weighted by molar-refractivity contribution is 5.82. The van der Waals surface area contributed by atoms with Crippen LogP contribution in [0.4, 0.5) is 4.79 Å². The van der Waals surface area contributed by atoms with E-state index in [-0.39, 0.29) is 0 Å². The molecule has 0 aromatic heterocycles. The Labute approximate surface area is 88.9 Å². The lowest BCUT2D eigenvalue weighted by molar-refractivity contribution is -0.140. The summed E-state index contributed by atoms with van der Waals surface area (Å²) in [7, 11) is 1.58. The van der Waals surface area contributed by atoms with E-state index in [9.17, 15) is 9.59 Å². The van der Waals surface area contributed by atoms with Crippen molar-refractivity contribution in [3.8, 4) is 0 Å². The normalized spacial score (nSPS) is 11.9. The number of aliphatic hydroxyl groups excluding tert-OH is 1. The van der Waals surface area contributed by atoms with Crippen LogP contribution >= 0.6 is 0 Å². The number of urea groups is 1. The van der Waals surface area contributed by atoms with Crippen LogP contribution in [0.15, 0.2) is 0 Å². The van der Waals surface area contributed by atoms with E-state index in [1.54, 1.807) is 7.05 Å². The first kappa shape index (κ1) is 13.7. The fourth-order valence-electron chi connectivity index (χ4n) is 0.942. The number of nitrogens with zero attached hydrogens (tertiary/aromatic N) is 1. The van der Waals surface area contributed by atoms with Gasteiger partial charge in [-0.1, -0.05) is 13.3 Å². The molecule has 0 spiro atoms. The molecule has 2 amide bonds. The maximum atomic E-state index is 11.4. The Morgan fingerprint density at radius 2 is 2.07 bits per heavy atom. The van der Waals surface area contributed by atoms with Gasteiger partial charge in [0.25, 0.3) is 0 Å². The smallest absolute Gasteiger partial charge is 0.328 e. The van der Waals surface area contributed by atoms with Crippen LogP contribution in [-0.2, 0) is 4.79 Å². The molecule has 0 aliphatic rings. The summed E-state index contributed by atoms with van der Waals surface area (Å²) in [5.74, 6) is -1.24. The maximum Gasteiger partial charge on any atom is 0.328 e. The second-order valence-electron chi connectivity index (χ2n) is 3.30. The molecule has 0 aliphatic heterocycles. The number of hydrogen-bond acceptors (Lipinski definition) is 3. The topological polar surface area (TPSA) is 89.9 Å². The van der Waals surface area contributed by atoms with Gasteiger partial charge >= 0.3 is 12.0 Å². The van der Waals surface area contributed by atoms with Crippen molar-refractivity contribution in [3.05, 3.63) is 0 Å². The van der Waals surface area contributed by atoms with Crippen molar-refractivity contribution in [3.63, 3.8) is 0 Å². The zero-order valence-electron chi connectivity index (χ0n) is 9.06. The standard InChI is InChI=1S/C9H18N2O4/c1-3-4-5-11(2)9(15)10-7(6-12)8(13)14/h7,12H,3-6H2,1-2H3,(H,10,15)(H,13,14)/t7-/m0/s1. The number of unbranched alkanes of at least 4 members (excludes halogenated alkanes) is 1. The van der Waals surface area contributed by atoms with Crippen molar-refractivity contribution in [2.24, 2.45) is 0 Å². The Kier molecular flexibility index (Phi) is 6.44. The average molecular weight is 218 g/mol. The van der Waals surface area contributed by atoms with Crippen LogP contribution in [0.25, 0.3) is 0 Å². The molecule has 0 aromatic rings. The third-order valence-electron chi connectivity index (χ3n) is 1.97. The van der Waals surface area contributed by atoms with E-state index < -0.39 is 24.6 Å². The molecule has 15 heavy (non-hydrogen) atoms. The van der Waals surface area contributed by atoms with Gasteiger partial charge in [0.1, 0.15) is 0 Å². The van der Waals surface area contributed by atoms with E-state index in [1.807, 2.05) is 6.92 Å². The highest BCUT2D eigenvalue weighted by Gasteiger charge is 2.20. The van der Waals surface area contributed by atoms with Gasteiger partial charge in [-0.25, -0.2) is 9.59 Å². The molecule has 0 bridgehead atoms. The summed E-state index contributed by atoms with van der Waals surface area (Å²) in [6, 6.07) is -1.72. The van der Waals surface area contributed by atoms with Gasteiger partial charge in [-0.2, -0.15) is 0 Å². The summed E-state index contributed by atoms with van der Waals surface area (Å²) in [6.45, 7) is 1.96. The maximum absolute atomic E-state index is 11.4. The number of nitrogens with one attached hydrogen (secondary N) is 1. The highest BCUT2D eigenvalue weighted by Crippen LogP contribution is 1.93. The number of aliphatic carboxylic acids is 1. The number of hydrogen-bond donors (Lipinski definition) is 3. The molecule has 0 unspecified atom stereocenters. The summed E-state index contributed by atoms with van der Waals surface area (Å²) >= 11 is 0. The van der Waals surface area contributed by atoms with Crippen LogP contribution in [0, 0.1) is 0 Å². The van der Waals surface area contributed by atoms with Crippen molar-refractivity contribution >= 4 is 12.0 Å². The van der Waals surface area contributed by atoms with E-state index in [2.05, 4.69) is 5.32 Å². The van der Waals surface area contributed by atoms with Gasteiger partial charge in [-0.15, -0.1) is 0 Å². The van der Waals surface area contributed by atoms with E-state index in [1.165, 1.54) is 4.90 Å². The number of carboxylic acid groups (broad SMARTS) is 1. The number of carboxylic acids is 1. The van der Waals surface area contributed by atoms with Gasteiger partial charge in [-0.05, 0) is 6.42 Å². The second kappa shape index (κ2) is 7.05. The molecule has 0 saturated carbocycles. The molecule has 0 fully saturated rings. The lowest BCUT2D eigenvalue weighted by Crippen LogP contribution is -2.48. The SMILES string of the molecule is CCCCN(C)C(=O)N[C@@H](CO)C(=O)O. The van der Waals surface area contributed by atoms with Crippen molar-refractivity contribution in [2.75, 3.05) is 20.2 Å². The molecule has 6 heteroatoms. The zero-order valence-corrected chi connectivity index (χ0v) is 9.06. The predicted octanol–water partition coefficient (Wildman–Crippen LogP) is -0.127. The lowest BCUT2D eigenvalue weighted by atomic mass is 10.3. The van der Waals surface area contributed by atoms with Gasteiger partial charge < -0.3 is 20.4 Å². The number of amides is 2. The minimum Gasteiger partial charge on any atom is -0.480 e. The first-order chi connectivity index (χ1) is 7.02. The van der Waals surface area contributed by atoms with Gasteiger partial charge in [-0.3, -0.25) is 0 Å². The van der Waals surface area contributed by atoms with Crippen molar-refractivity contribution in [1.82, 2.24) is 10.2 Å². The summed E-state index contributed by atoms with van der Waals surface area (Å²) in [6.07, 6.45) is 1.82. The van der Waals surface area contributed by atoms with Crippen molar-refractivity contribution in [2.45, 2.75) is 25.8 Å². The van der Waals surface area contributed by atoms with Crippen LogP contribution in [0.3, 0.4) is 0 Å². The molecule has 0 aromatic carbocycles. The van der Waals surface area contributed by atoms with Crippen molar-refractivity contribution in [1.29, 1.82) is 0 Å². The van der Waals surface area contributed by atoms with Gasteiger partial charge in [0.15, 0.2) is 6.04 Å². The number of aliphatic hydroxyl groups is 1. The summed E-state index contributed by atoms with van der Waals surface area (Å²) in [4.78, 5) is 23.3. The molecule has 1 atom stereocenters. The molecule has 3 N–H and O–H groups in total. The minimum atomic E-state index is -1.24. The van der Waals surface area contributed by atoms with E-state index >= 15 is 0 Å². The summed E-state index contributed by atoms with van der Waals surface area (Å²) in [5, 5.41) is 19.5. The number of carbonyl (C=O) groups is 2. The van der Waals surface area contributed by atoms with Gasteiger partial charge in [0.2, 0.25) is 0 Å². The third-order valence-corrected chi connectivity index (χ3v) is 1.97. The van der Waals surface area contributed by atoms with Crippen molar-refractivity contribution < 1.29 is 19.8 Å². The average Bonchev–Trinajstić information content (AvgIpc) is 2.21. The highest BCUT2D eigenvalue weighted by atomic mass is 16.4. The van der Waals surface area contributed by atoms with Crippen LogP contribution in [0.1, 0.15) is 19.8 Å². The quantitative estimate of drug-likeness (QED) is 0.579. The van der Waals surface area contributed by atoms with Gasteiger partial charge in [0.05, 0.1) is 6.61 Å². The number of carbonyl (C=O) groups excluding carboxylic acids is 1. The monoisotopic (exact) mass is 218 g/mol. The van der Waals surface area contributed by atoms with Crippen LogP contribution in [-0.4, -0.2) is 53.4 Å². The Morgan fingerprint density at radius 3 is 2.47 bits per heavy atom. The molecule has 88 valence electrons. The fraction of sp³-hybridized carbons (Fsp3) is 0.778. The second-order valence-corrected chi connectivity index (χ2v) is 3.30. The molecule has 6 nitrogen and oxygen atoms in total. The molecule has 0 saturated heterocycles.